The van der Waals surface area contributed by atoms with Crippen LogP contribution in [0.25, 0.3) is 5.76 Å². The number of amides is 2. The molecule has 3 aliphatic rings. The number of benzene rings is 1. The minimum atomic E-state index is -2.99. The van der Waals surface area contributed by atoms with Gasteiger partial charge in [0.05, 0.1) is 35.9 Å². The van der Waals surface area contributed by atoms with Gasteiger partial charge in [0.15, 0.2) is 11.4 Å². The first kappa shape index (κ1) is 32.1. The highest BCUT2D eigenvalue weighted by Crippen LogP contribution is 2.56. The molecule has 13 heteroatoms. The second-order valence-electron chi connectivity index (χ2n) is 11.8. The zero-order valence-electron chi connectivity index (χ0n) is 24.7. The van der Waals surface area contributed by atoms with E-state index in [9.17, 15) is 44.7 Å². The molecule has 4 unspecified atom stereocenters. The summed E-state index contributed by atoms with van der Waals surface area (Å²) < 4.78 is 0. The van der Waals surface area contributed by atoms with Crippen LogP contribution in [0.4, 0.5) is 5.69 Å². The van der Waals surface area contributed by atoms with Crippen molar-refractivity contribution in [3.05, 3.63) is 40.2 Å². The van der Waals surface area contributed by atoms with E-state index in [1.165, 1.54) is 31.1 Å². The quantitative estimate of drug-likeness (QED) is 0.105. The van der Waals surface area contributed by atoms with Crippen LogP contribution in [0.5, 0.6) is 5.75 Å². The van der Waals surface area contributed by atoms with Crippen LogP contribution in [-0.2, 0) is 19.2 Å². The first-order valence-electron chi connectivity index (χ1n) is 14.4. The molecule has 1 aromatic rings. The maximum absolute atomic E-state index is 14.1. The van der Waals surface area contributed by atoms with Crippen molar-refractivity contribution in [2.45, 2.75) is 63.2 Å². The normalized spacial score (nSPS) is 28.5. The number of carbonyl (C=O) groups excluding carboxylic acids is 4. The molecular weight excluding hydrogens is 560 g/mol. The Balaban J connectivity index is 1.76. The molecule has 1 saturated carbocycles. The lowest BCUT2D eigenvalue weighted by Crippen LogP contribution is -2.70. The average molecular weight is 601 g/mol. The molecule has 9 N–H and O–H groups in total. The van der Waals surface area contributed by atoms with Crippen molar-refractivity contribution >= 4 is 34.8 Å². The van der Waals surface area contributed by atoms with Gasteiger partial charge in [-0.2, -0.15) is 0 Å². The number of nitrogens with zero attached hydrogens (tertiary/aromatic N) is 1. The summed E-state index contributed by atoms with van der Waals surface area (Å²) in [6.07, 6.45) is 2.46. The molecule has 6 atom stereocenters. The monoisotopic (exact) mass is 600 g/mol. The molecule has 43 heavy (non-hydrogen) atoms. The molecule has 3 aliphatic carbocycles. The van der Waals surface area contributed by atoms with E-state index in [1.807, 2.05) is 0 Å². The van der Waals surface area contributed by atoms with Crippen molar-refractivity contribution in [1.29, 1.82) is 0 Å². The Morgan fingerprint density at radius 2 is 1.77 bits per heavy atom. The van der Waals surface area contributed by atoms with Gasteiger partial charge in [-0.25, -0.2) is 0 Å². The number of hydrogen-bond acceptors (Lipinski definition) is 11. The van der Waals surface area contributed by atoms with E-state index in [1.54, 1.807) is 6.92 Å². The largest absolute Gasteiger partial charge is 0.508 e. The number of aromatic hydroxyl groups is 1. The fourth-order valence-electron chi connectivity index (χ4n) is 6.79. The molecule has 0 bridgehead atoms. The summed E-state index contributed by atoms with van der Waals surface area (Å²) in [4.78, 5) is 53.3. The minimum Gasteiger partial charge on any atom is -0.508 e. The Morgan fingerprint density at radius 1 is 1.09 bits per heavy atom. The third-order valence-corrected chi connectivity index (χ3v) is 8.90. The molecule has 0 heterocycles. The van der Waals surface area contributed by atoms with Gasteiger partial charge in [0, 0.05) is 11.5 Å². The Bertz CT molecular complexity index is 1420. The van der Waals surface area contributed by atoms with E-state index >= 15 is 0 Å². The van der Waals surface area contributed by atoms with Gasteiger partial charge < -0.3 is 41.9 Å². The van der Waals surface area contributed by atoms with Crippen molar-refractivity contribution < 1.29 is 44.7 Å². The van der Waals surface area contributed by atoms with Crippen LogP contribution in [0.15, 0.2) is 29.0 Å². The SMILES string of the molecule is CCCCCCNCC(=O)Nc1ccc2c(c1O)C(O)=C1C(=O)[C@]3(O)C(O)=C(C(N)=O)C(=O)[C@@H](N(C)C)C3C(O)C1C2C. The first-order chi connectivity index (χ1) is 20.2. The number of aliphatic hydroxyl groups excluding tert-OH is 3. The average Bonchev–Trinajstić information content (AvgIpc) is 2.93. The summed E-state index contributed by atoms with van der Waals surface area (Å²) >= 11 is 0. The van der Waals surface area contributed by atoms with Gasteiger partial charge in [-0.1, -0.05) is 39.2 Å². The molecule has 1 aromatic carbocycles. The van der Waals surface area contributed by atoms with E-state index in [4.69, 9.17) is 5.73 Å². The molecule has 0 aromatic heterocycles. The number of nitrogens with one attached hydrogen (secondary N) is 2. The molecule has 1 fully saturated rings. The van der Waals surface area contributed by atoms with Gasteiger partial charge in [0.25, 0.3) is 5.91 Å². The number of carbonyl (C=O) groups is 4. The van der Waals surface area contributed by atoms with E-state index in [0.717, 1.165) is 25.7 Å². The molecule has 2 amide bonds. The van der Waals surface area contributed by atoms with Gasteiger partial charge in [-0.3, -0.25) is 24.1 Å². The number of phenolic OH excluding ortho intramolecular Hbond substituents is 1. The third kappa shape index (κ3) is 5.09. The van der Waals surface area contributed by atoms with Crippen LogP contribution < -0.4 is 16.4 Å². The summed E-state index contributed by atoms with van der Waals surface area (Å²) in [5, 5.41) is 62.6. The molecule has 0 saturated heterocycles. The number of rotatable bonds is 10. The molecule has 234 valence electrons. The summed E-state index contributed by atoms with van der Waals surface area (Å²) in [5.41, 5.74) is 0.976. The maximum Gasteiger partial charge on any atom is 0.255 e. The first-order valence-corrected chi connectivity index (χ1v) is 14.4. The van der Waals surface area contributed by atoms with Gasteiger partial charge in [0.1, 0.15) is 22.8 Å². The van der Waals surface area contributed by atoms with Crippen LogP contribution in [0.1, 0.15) is 56.6 Å². The number of unbranched alkanes of at least 4 members (excludes halogenated alkanes) is 3. The fraction of sp³-hybridized carbons (Fsp3) is 0.533. The molecule has 0 spiro atoms. The van der Waals surface area contributed by atoms with Crippen LogP contribution in [0.2, 0.25) is 0 Å². The summed E-state index contributed by atoms with van der Waals surface area (Å²) in [7, 11) is 2.89. The third-order valence-electron chi connectivity index (χ3n) is 8.90. The van der Waals surface area contributed by atoms with Crippen molar-refractivity contribution in [1.82, 2.24) is 10.2 Å². The number of aliphatic hydroxyl groups is 4. The predicted molar refractivity (Wildman–Crippen MR) is 156 cm³/mol. The Morgan fingerprint density at radius 3 is 2.37 bits per heavy atom. The maximum atomic E-state index is 14.1. The standard InChI is InChI=1S/C30H40N4O9/c1-5-6-7-8-11-32-12-16(35)33-15-10-9-14-13(2)17-19(24(37)18(14)23(15)36)27(40)30(43)21(25(17)38)22(34(3)4)26(39)20(28(30)41)29(31)42/h9-10,13,17,21-22,25,32,36-38,41,43H,5-8,11-12H2,1-4H3,(H2,31,42)(H,33,35)/t13?,17?,21?,22-,25?,30-/m0/s1. The van der Waals surface area contributed by atoms with Crippen LogP contribution in [0.3, 0.4) is 0 Å². The van der Waals surface area contributed by atoms with Crippen molar-refractivity contribution in [3.8, 4) is 5.75 Å². The van der Waals surface area contributed by atoms with E-state index in [0.29, 0.717) is 12.1 Å². The smallest absolute Gasteiger partial charge is 0.255 e. The molecule has 13 nitrogen and oxygen atoms in total. The zero-order valence-corrected chi connectivity index (χ0v) is 24.7. The number of nitrogens with two attached hydrogens (primary N) is 1. The highest BCUT2D eigenvalue weighted by Gasteiger charge is 2.68. The number of anilines is 1. The second kappa shape index (κ2) is 12.1. The van der Waals surface area contributed by atoms with E-state index in [-0.39, 0.29) is 17.8 Å². The highest BCUT2D eigenvalue weighted by molar-refractivity contribution is 6.24. The molecule has 0 aliphatic heterocycles. The molecule has 4 rings (SSSR count). The van der Waals surface area contributed by atoms with E-state index < -0.39 is 87.3 Å². The van der Waals surface area contributed by atoms with Crippen molar-refractivity contribution in [2.24, 2.45) is 17.6 Å². The number of hydrogen-bond donors (Lipinski definition) is 8. The molecule has 0 radical (unpaired) electrons. The van der Waals surface area contributed by atoms with Crippen molar-refractivity contribution in [3.63, 3.8) is 0 Å². The number of primary amides is 1. The summed E-state index contributed by atoms with van der Waals surface area (Å²) in [6, 6.07) is 1.55. The Hall–Kier alpha value is -3.78. The molecular formula is C30H40N4O9. The summed E-state index contributed by atoms with van der Waals surface area (Å²) in [5.74, 6) is -10.2. The minimum absolute atomic E-state index is 0.0210. The van der Waals surface area contributed by atoms with Gasteiger partial charge >= 0.3 is 0 Å². The van der Waals surface area contributed by atoms with Crippen LogP contribution >= 0.6 is 0 Å². The van der Waals surface area contributed by atoms with Gasteiger partial charge in [0.2, 0.25) is 11.7 Å². The van der Waals surface area contributed by atoms with Gasteiger partial charge in [-0.05, 0) is 44.6 Å². The lowest BCUT2D eigenvalue weighted by Gasteiger charge is -2.53. The fourth-order valence-corrected chi connectivity index (χ4v) is 6.79. The lowest BCUT2D eigenvalue weighted by atomic mass is 9.54. The van der Waals surface area contributed by atoms with Crippen LogP contribution in [-0.4, -0.2) is 98.7 Å². The van der Waals surface area contributed by atoms with E-state index in [2.05, 4.69) is 17.6 Å². The second-order valence-corrected chi connectivity index (χ2v) is 11.8. The Kier molecular flexibility index (Phi) is 9.03. The zero-order chi connectivity index (χ0) is 32.0. The lowest BCUT2D eigenvalue weighted by molar-refractivity contribution is -0.169. The Labute approximate surface area is 249 Å². The van der Waals surface area contributed by atoms with Crippen molar-refractivity contribution in [2.75, 3.05) is 32.5 Å². The van der Waals surface area contributed by atoms with Crippen LogP contribution in [0, 0.1) is 11.8 Å². The number of fused-ring (bicyclic) bond motifs is 3. The number of ketones is 2. The predicted octanol–water partition coefficient (Wildman–Crippen LogP) is 0.604. The number of phenols is 1. The highest BCUT2D eigenvalue weighted by atomic mass is 16.4. The number of Topliss-reactive ketones (excluding diaryl/α,β-unsaturated/α-hetero) is 2. The van der Waals surface area contributed by atoms with Gasteiger partial charge in [-0.15, -0.1) is 0 Å². The number of likely N-dealkylation sites (N-methyl/N-ethyl adjacent to an activating group) is 1. The summed E-state index contributed by atoms with van der Waals surface area (Å²) in [6.45, 7) is 4.36. The topological polar surface area (TPSA) is 223 Å².